The van der Waals surface area contributed by atoms with Crippen molar-refractivity contribution in [2.45, 2.75) is 39.5 Å². The molecule has 0 atom stereocenters. The standard InChI is InChI=1S/C17H27N5OS.HI/c1-3-18-16(22-10-7-17(11-22)5-4-6-17)20-9-8-19-15(23)14-13(2)21-12-24-14;/h12H,3-11H2,1-2H3,(H,18,20)(H,19,23);1H. The Bertz CT molecular complexity index is 614. The lowest BCUT2D eigenvalue weighted by molar-refractivity contribution is 0.0958. The van der Waals surface area contributed by atoms with E-state index in [1.165, 1.54) is 37.0 Å². The fourth-order valence-electron chi connectivity index (χ4n) is 3.56. The molecular formula is C17H28IN5OS. The summed E-state index contributed by atoms with van der Waals surface area (Å²) in [5.41, 5.74) is 3.06. The first kappa shape index (κ1) is 20.4. The molecule has 1 aromatic rings. The molecule has 1 saturated carbocycles. The molecule has 3 rings (SSSR count). The van der Waals surface area contributed by atoms with Crippen LogP contribution in [0.2, 0.25) is 0 Å². The van der Waals surface area contributed by atoms with Gasteiger partial charge in [-0.1, -0.05) is 6.42 Å². The van der Waals surface area contributed by atoms with Gasteiger partial charge in [0.15, 0.2) is 5.96 Å². The number of amides is 1. The Morgan fingerprint density at radius 3 is 2.76 bits per heavy atom. The van der Waals surface area contributed by atoms with Crippen LogP contribution in [0, 0.1) is 12.3 Å². The summed E-state index contributed by atoms with van der Waals surface area (Å²) in [7, 11) is 0. The fraction of sp³-hybridized carbons (Fsp3) is 0.706. The van der Waals surface area contributed by atoms with E-state index in [4.69, 9.17) is 4.99 Å². The zero-order valence-electron chi connectivity index (χ0n) is 15.0. The second kappa shape index (κ2) is 9.16. The summed E-state index contributed by atoms with van der Waals surface area (Å²) in [6.07, 6.45) is 5.41. The molecule has 1 saturated heterocycles. The number of halogens is 1. The van der Waals surface area contributed by atoms with Gasteiger partial charge in [0.1, 0.15) is 4.88 Å². The molecule has 2 N–H and O–H groups in total. The molecule has 2 aliphatic rings. The highest BCUT2D eigenvalue weighted by Crippen LogP contribution is 2.47. The van der Waals surface area contributed by atoms with Crippen LogP contribution in [0.25, 0.3) is 0 Å². The third kappa shape index (κ3) is 4.84. The quantitative estimate of drug-likeness (QED) is 0.296. The van der Waals surface area contributed by atoms with E-state index in [1.54, 1.807) is 5.51 Å². The summed E-state index contributed by atoms with van der Waals surface area (Å²) in [6, 6.07) is 0. The number of hydrogen-bond acceptors (Lipinski definition) is 4. The molecule has 1 spiro atoms. The largest absolute Gasteiger partial charge is 0.357 e. The van der Waals surface area contributed by atoms with Crippen molar-refractivity contribution in [1.82, 2.24) is 20.5 Å². The van der Waals surface area contributed by atoms with Gasteiger partial charge >= 0.3 is 0 Å². The predicted octanol–water partition coefficient (Wildman–Crippen LogP) is 2.64. The van der Waals surface area contributed by atoms with Gasteiger partial charge in [0.2, 0.25) is 0 Å². The van der Waals surface area contributed by atoms with Crippen LogP contribution in [-0.2, 0) is 0 Å². The van der Waals surface area contributed by atoms with E-state index in [9.17, 15) is 4.79 Å². The van der Waals surface area contributed by atoms with E-state index in [1.807, 2.05) is 6.92 Å². The van der Waals surface area contributed by atoms with E-state index in [0.29, 0.717) is 23.4 Å². The number of rotatable bonds is 5. The molecule has 0 aromatic carbocycles. The van der Waals surface area contributed by atoms with Crippen LogP contribution in [0.3, 0.4) is 0 Å². The van der Waals surface area contributed by atoms with Crippen LogP contribution in [-0.4, -0.2) is 54.5 Å². The summed E-state index contributed by atoms with van der Waals surface area (Å²) in [5.74, 6) is 0.939. The molecular weight excluding hydrogens is 449 g/mol. The molecule has 1 amide bonds. The maximum Gasteiger partial charge on any atom is 0.263 e. The molecule has 8 heteroatoms. The van der Waals surface area contributed by atoms with Gasteiger partial charge in [-0.05, 0) is 38.5 Å². The average Bonchev–Trinajstić information content (AvgIpc) is 3.16. The second-order valence-corrected chi connectivity index (χ2v) is 7.64. The summed E-state index contributed by atoms with van der Waals surface area (Å²) in [6.45, 7) is 8.19. The van der Waals surface area contributed by atoms with Crippen LogP contribution in [0.4, 0.5) is 0 Å². The number of hydrogen-bond donors (Lipinski definition) is 2. The van der Waals surface area contributed by atoms with Crippen molar-refractivity contribution in [3.05, 3.63) is 16.1 Å². The van der Waals surface area contributed by atoms with Gasteiger partial charge in [0.25, 0.3) is 5.91 Å². The van der Waals surface area contributed by atoms with Crippen molar-refractivity contribution in [1.29, 1.82) is 0 Å². The number of likely N-dealkylation sites (tertiary alicyclic amines) is 1. The van der Waals surface area contributed by atoms with Crippen molar-refractivity contribution in [2.24, 2.45) is 10.4 Å². The fourth-order valence-corrected chi connectivity index (χ4v) is 4.28. The zero-order valence-corrected chi connectivity index (χ0v) is 18.2. The number of thiazole rings is 1. The first-order chi connectivity index (χ1) is 11.6. The molecule has 1 aliphatic heterocycles. The number of carbonyl (C=O) groups is 1. The van der Waals surface area contributed by atoms with Crippen molar-refractivity contribution in [3.63, 3.8) is 0 Å². The zero-order chi connectivity index (χ0) is 17.0. The number of aromatic nitrogens is 1. The predicted molar refractivity (Wildman–Crippen MR) is 113 cm³/mol. The Labute approximate surface area is 170 Å². The van der Waals surface area contributed by atoms with Gasteiger partial charge < -0.3 is 15.5 Å². The van der Waals surface area contributed by atoms with E-state index >= 15 is 0 Å². The second-order valence-electron chi connectivity index (χ2n) is 6.78. The Morgan fingerprint density at radius 2 is 2.20 bits per heavy atom. The van der Waals surface area contributed by atoms with Crippen LogP contribution < -0.4 is 10.6 Å². The smallest absolute Gasteiger partial charge is 0.263 e. The highest BCUT2D eigenvalue weighted by molar-refractivity contribution is 14.0. The Hall–Kier alpha value is -0.900. The van der Waals surface area contributed by atoms with E-state index in [-0.39, 0.29) is 29.9 Å². The molecule has 1 aliphatic carbocycles. The number of aryl methyl sites for hydroxylation is 1. The Kier molecular flexibility index (Phi) is 7.48. The van der Waals surface area contributed by atoms with Crippen LogP contribution in [0.5, 0.6) is 0 Å². The lowest BCUT2D eigenvalue weighted by atomic mass is 9.68. The average molecular weight is 477 g/mol. The van der Waals surface area contributed by atoms with E-state index in [0.717, 1.165) is 31.3 Å². The maximum absolute atomic E-state index is 12.1. The van der Waals surface area contributed by atoms with Crippen LogP contribution >= 0.6 is 35.3 Å². The van der Waals surface area contributed by atoms with Crippen molar-refractivity contribution < 1.29 is 4.79 Å². The molecule has 6 nitrogen and oxygen atoms in total. The number of guanidine groups is 1. The Balaban J connectivity index is 0.00000225. The number of aliphatic imine (C=N–C) groups is 1. The summed E-state index contributed by atoms with van der Waals surface area (Å²) < 4.78 is 0. The first-order valence-corrected chi connectivity index (χ1v) is 9.73. The molecule has 2 heterocycles. The molecule has 0 unspecified atom stereocenters. The topological polar surface area (TPSA) is 69.6 Å². The SMILES string of the molecule is CCNC(=NCCNC(=O)c1scnc1C)N1CCC2(CCC2)C1.I. The van der Waals surface area contributed by atoms with Gasteiger partial charge in [0, 0.05) is 26.2 Å². The molecule has 0 radical (unpaired) electrons. The van der Waals surface area contributed by atoms with E-state index in [2.05, 4.69) is 27.4 Å². The van der Waals surface area contributed by atoms with E-state index < -0.39 is 0 Å². The highest BCUT2D eigenvalue weighted by atomic mass is 127. The molecule has 25 heavy (non-hydrogen) atoms. The summed E-state index contributed by atoms with van der Waals surface area (Å²) >= 11 is 1.38. The lowest BCUT2D eigenvalue weighted by Gasteiger charge is -2.38. The molecule has 0 bridgehead atoms. The molecule has 1 aromatic heterocycles. The van der Waals surface area contributed by atoms with Crippen molar-refractivity contribution >= 4 is 47.2 Å². The minimum absolute atomic E-state index is 0. The van der Waals surface area contributed by atoms with Crippen LogP contribution in [0.15, 0.2) is 10.5 Å². The minimum atomic E-state index is -0.0511. The third-order valence-electron chi connectivity index (χ3n) is 5.10. The number of nitrogens with zero attached hydrogens (tertiary/aromatic N) is 3. The van der Waals surface area contributed by atoms with Crippen molar-refractivity contribution in [3.8, 4) is 0 Å². The number of carbonyl (C=O) groups excluding carboxylic acids is 1. The van der Waals surface area contributed by atoms with Gasteiger partial charge in [0.05, 0.1) is 17.7 Å². The molecule has 140 valence electrons. The van der Waals surface area contributed by atoms with Gasteiger partial charge in [-0.2, -0.15) is 0 Å². The lowest BCUT2D eigenvalue weighted by Crippen LogP contribution is -2.43. The third-order valence-corrected chi connectivity index (χ3v) is 6.02. The van der Waals surface area contributed by atoms with Crippen LogP contribution in [0.1, 0.15) is 48.0 Å². The maximum atomic E-state index is 12.1. The Morgan fingerprint density at radius 1 is 1.40 bits per heavy atom. The van der Waals surface area contributed by atoms with Gasteiger partial charge in [-0.25, -0.2) is 4.98 Å². The minimum Gasteiger partial charge on any atom is -0.357 e. The van der Waals surface area contributed by atoms with Crippen molar-refractivity contribution in [2.75, 3.05) is 32.7 Å². The van der Waals surface area contributed by atoms with Gasteiger partial charge in [-0.15, -0.1) is 35.3 Å². The summed E-state index contributed by atoms with van der Waals surface area (Å²) in [5, 5.41) is 6.32. The monoisotopic (exact) mass is 477 g/mol. The first-order valence-electron chi connectivity index (χ1n) is 8.85. The molecule has 2 fully saturated rings. The summed E-state index contributed by atoms with van der Waals surface area (Å²) in [4.78, 5) is 24.0. The highest BCUT2D eigenvalue weighted by Gasteiger charge is 2.43. The van der Waals surface area contributed by atoms with Gasteiger partial charge in [-0.3, -0.25) is 9.79 Å². The number of nitrogens with one attached hydrogen (secondary N) is 2. The normalized spacial score (nSPS) is 18.6.